The Morgan fingerprint density at radius 3 is 1.93 bits per heavy atom. The van der Waals surface area contributed by atoms with E-state index in [1.165, 1.54) is 66.4 Å². The van der Waals surface area contributed by atoms with Gasteiger partial charge in [-0.25, -0.2) is 0 Å². The summed E-state index contributed by atoms with van der Waals surface area (Å²) in [7, 11) is 0. The van der Waals surface area contributed by atoms with Crippen molar-refractivity contribution in [3.05, 3.63) is 71.3 Å². The summed E-state index contributed by atoms with van der Waals surface area (Å²) in [5.74, 6) is 0.816. The van der Waals surface area contributed by atoms with Gasteiger partial charge in [-0.3, -0.25) is 0 Å². The predicted octanol–water partition coefficient (Wildman–Crippen LogP) is 8.75. The molecule has 152 valence electrons. The third-order valence-electron chi connectivity index (χ3n) is 5.67. The molecule has 0 aliphatic heterocycles. The first-order valence-corrected chi connectivity index (χ1v) is 11.1. The van der Waals surface area contributed by atoms with Gasteiger partial charge in [0.15, 0.2) is 0 Å². The molecule has 0 saturated heterocycles. The van der Waals surface area contributed by atoms with Crippen LogP contribution >= 0.6 is 0 Å². The first-order valence-electron chi connectivity index (χ1n) is 11.1. The van der Waals surface area contributed by atoms with Crippen LogP contribution in [-0.2, 0) is 11.8 Å². The zero-order valence-electron chi connectivity index (χ0n) is 19.0. The molecule has 0 aliphatic carbocycles. The Bertz CT molecular complexity index is 719. The molecule has 2 aromatic rings. The highest BCUT2D eigenvalue weighted by Gasteiger charge is 2.13. The van der Waals surface area contributed by atoms with Crippen LogP contribution in [0, 0.1) is 5.92 Å². The van der Waals surface area contributed by atoms with E-state index in [0.29, 0.717) is 0 Å². The van der Waals surface area contributed by atoms with E-state index in [2.05, 4.69) is 96.1 Å². The number of rotatable bonds is 9. The topological polar surface area (TPSA) is 0 Å². The zero-order valence-corrected chi connectivity index (χ0v) is 19.0. The maximum absolute atomic E-state index is 2.41. The number of benzene rings is 2. The van der Waals surface area contributed by atoms with E-state index < -0.39 is 0 Å². The Labute approximate surface area is 174 Å². The smallest absolute Gasteiger partial charge is 0.0132 e. The van der Waals surface area contributed by atoms with Gasteiger partial charge in [0.2, 0.25) is 0 Å². The molecule has 0 N–H and O–H groups in total. The van der Waals surface area contributed by atoms with Crippen LogP contribution in [0.2, 0.25) is 0 Å². The quantitative estimate of drug-likeness (QED) is 0.303. The van der Waals surface area contributed by atoms with Gasteiger partial charge in [0.1, 0.15) is 0 Å². The average molecular weight is 377 g/mol. The standard InChI is InChI=1S/C28H40/c1-22(2)10-8-7-9-11-23(3)12-13-24-14-16-25(17-15-24)26-18-20-27(21-19-26)28(4,5)6/h10,14-21,23H,7-9,11-13H2,1-6H3. The second kappa shape index (κ2) is 10.6. The van der Waals surface area contributed by atoms with Crippen LogP contribution in [0.3, 0.4) is 0 Å². The van der Waals surface area contributed by atoms with Crippen molar-refractivity contribution in [2.24, 2.45) is 5.92 Å². The molecule has 28 heavy (non-hydrogen) atoms. The minimum Gasteiger partial charge on any atom is -0.0859 e. The van der Waals surface area contributed by atoms with Gasteiger partial charge in [-0.15, -0.1) is 0 Å². The fourth-order valence-corrected chi connectivity index (χ4v) is 3.61. The van der Waals surface area contributed by atoms with E-state index in [9.17, 15) is 0 Å². The lowest BCUT2D eigenvalue weighted by atomic mass is 9.86. The van der Waals surface area contributed by atoms with E-state index in [1.54, 1.807) is 0 Å². The molecule has 0 aliphatic rings. The van der Waals surface area contributed by atoms with Crippen molar-refractivity contribution >= 4 is 0 Å². The van der Waals surface area contributed by atoms with Gasteiger partial charge < -0.3 is 0 Å². The van der Waals surface area contributed by atoms with E-state index in [4.69, 9.17) is 0 Å². The molecule has 0 heteroatoms. The summed E-state index contributed by atoms with van der Waals surface area (Å²) in [6.07, 6.45) is 10.1. The first kappa shape index (κ1) is 22.5. The van der Waals surface area contributed by atoms with Gasteiger partial charge in [-0.05, 0) is 73.1 Å². The van der Waals surface area contributed by atoms with Crippen molar-refractivity contribution in [2.75, 3.05) is 0 Å². The Balaban J connectivity index is 1.80. The van der Waals surface area contributed by atoms with E-state index >= 15 is 0 Å². The highest BCUT2D eigenvalue weighted by atomic mass is 14.2. The normalized spacial score (nSPS) is 12.6. The molecule has 0 spiro atoms. The van der Waals surface area contributed by atoms with Crippen molar-refractivity contribution in [2.45, 2.75) is 85.5 Å². The van der Waals surface area contributed by atoms with Crippen LogP contribution in [0.5, 0.6) is 0 Å². The fraction of sp³-hybridized carbons (Fsp3) is 0.500. The number of unbranched alkanes of at least 4 members (excludes halogenated alkanes) is 2. The van der Waals surface area contributed by atoms with Crippen molar-refractivity contribution in [1.82, 2.24) is 0 Å². The highest BCUT2D eigenvalue weighted by molar-refractivity contribution is 5.64. The Hall–Kier alpha value is -1.82. The SMILES string of the molecule is CC(C)=CCCCCC(C)CCc1ccc(-c2ccc(C(C)(C)C)cc2)cc1. The predicted molar refractivity (Wildman–Crippen MR) is 126 cm³/mol. The van der Waals surface area contributed by atoms with Gasteiger partial charge >= 0.3 is 0 Å². The Morgan fingerprint density at radius 2 is 1.39 bits per heavy atom. The zero-order chi connectivity index (χ0) is 20.6. The first-order chi connectivity index (χ1) is 13.3. The molecule has 0 radical (unpaired) electrons. The summed E-state index contributed by atoms with van der Waals surface area (Å²) >= 11 is 0. The number of hydrogen-bond donors (Lipinski definition) is 0. The third kappa shape index (κ3) is 7.66. The minimum atomic E-state index is 0.213. The van der Waals surface area contributed by atoms with Crippen LogP contribution in [0.25, 0.3) is 11.1 Å². The van der Waals surface area contributed by atoms with Gasteiger partial charge in [0, 0.05) is 0 Å². The Kier molecular flexibility index (Phi) is 8.55. The number of allylic oxidation sites excluding steroid dienone is 2. The van der Waals surface area contributed by atoms with Crippen LogP contribution in [-0.4, -0.2) is 0 Å². The van der Waals surface area contributed by atoms with Gasteiger partial charge in [-0.2, -0.15) is 0 Å². The van der Waals surface area contributed by atoms with Gasteiger partial charge in [0.05, 0.1) is 0 Å². The molecule has 0 aromatic heterocycles. The number of aryl methyl sites for hydroxylation is 1. The molecule has 2 aromatic carbocycles. The largest absolute Gasteiger partial charge is 0.0859 e. The molecule has 0 amide bonds. The van der Waals surface area contributed by atoms with Crippen molar-refractivity contribution in [3.8, 4) is 11.1 Å². The van der Waals surface area contributed by atoms with Crippen LogP contribution in [0.15, 0.2) is 60.2 Å². The summed E-state index contributed by atoms with van der Waals surface area (Å²) < 4.78 is 0. The maximum Gasteiger partial charge on any atom is -0.0132 e. The minimum absolute atomic E-state index is 0.213. The van der Waals surface area contributed by atoms with Crippen molar-refractivity contribution in [3.63, 3.8) is 0 Å². The summed E-state index contributed by atoms with van der Waals surface area (Å²) in [6.45, 7) is 13.6. The molecule has 2 rings (SSSR count). The lowest BCUT2D eigenvalue weighted by Gasteiger charge is -2.19. The molecule has 0 fully saturated rings. The van der Waals surface area contributed by atoms with E-state index in [0.717, 1.165) is 5.92 Å². The molecule has 1 unspecified atom stereocenters. The summed E-state index contributed by atoms with van der Waals surface area (Å²) in [5.41, 5.74) is 7.14. The summed E-state index contributed by atoms with van der Waals surface area (Å²) in [5, 5.41) is 0. The van der Waals surface area contributed by atoms with Crippen molar-refractivity contribution < 1.29 is 0 Å². The van der Waals surface area contributed by atoms with Gasteiger partial charge in [0.25, 0.3) is 0 Å². The fourth-order valence-electron chi connectivity index (χ4n) is 3.61. The highest BCUT2D eigenvalue weighted by Crippen LogP contribution is 2.26. The van der Waals surface area contributed by atoms with Crippen LogP contribution < -0.4 is 0 Å². The molecular weight excluding hydrogens is 336 g/mol. The molecule has 0 saturated carbocycles. The molecule has 0 nitrogen and oxygen atoms in total. The summed E-state index contributed by atoms with van der Waals surface area (Å²) in [4.78, 5) is 0. The lowest BCUT2D eigenvalue weighted by Crippen LogP contribution is -2.10. The second-order valence-electron chi connectivity index (χ2n) is 9.73. The number of hydrogen-bond acceptors (Lipinski definition) is 0. The average Bonchev–Trinajstić information content (AvgIpc) is 2.66. The third-order valence-corrected chi connectivity index (χ3v) is 5.67. The van der Waals surface area contributed by atoms with Crippen molar-refractivity contribution in [1.29, 1.82) is 0 Å². The second-order valence-corrected chi connectivity index (χ2v) is 9.73. The molecule has 0 bridgehead atoms. The van der Waals surface area contributed by atoms with Gasteiger partial charge in [-0.1, -0.05) is 101 Å². The molecule has 0 heterocycles. The maximum atomic E-state index is 2.41. The molecule has 1 atom stereocenters. The summed E-state index contributed by atoms with van der Waals surface area (Å²) in [6, 6.07) is 18.2. The van der Waals surface area contributed by atoms with Crippen LogP contribution in [0.1, 0.15) is 84.8 Å². The van der Waals surface area contributed by atoms with E-state index in [1.807, 2.05) is 0 Å². The Morgan fingerprint density at radius 1 is 0.821 bits per heavy atom. The van der Waals surface area contributed by atoms with E-state index in [-0.39, 0.29) is 5.41 Å². The monoisotopic (exact) mass is 376 g/mol. The lowest BCUT2D eigenvalue weighted by molar-refractivity contribution is 0.467. The molecular formula is C28H40. The van der Waals surface area contributed by atoms with Crippen LogP contribution in [0.4, 0.5) is 0 Å².